The van der Waals surface area contributed by atoms with E-state index in [0.717, 1.165) is 9.77 Å². The number of anilines is 3. The maximum Gasteiger partial charge on any atom is 0.407 e. The molecule has 1 fully saturated rings. The Morgan fingerprint density at radius 2 is 1.66 bits per heavy atom. The number of para-hydroxylation sites is 1. The zero-order valence-electron chi connectivity index (χ0n) is 20.0. The van der Waals surface area contributed by atoms with Crippen LogP contribution in [-0.4, -0.2) is 74.8 Å². The molecular weight excluding hydrogens is 508 g/mol. The van der Waals surface area contributed by atoms with E-state index in [1.54, 1.807) is 30.5 Å². The molecule has 0 spiro atoms. The summed E-state index contributed by atoms with van der Waals surface area (Å²) in [5.74, 6) is 0.216. The van der Waals surface area contributed by atoms with Gasteiger partial charge in [-0.2, -0.15) is 18.5 Å². The average molecular weight is 531 g/mol. The molecule has 0 bridgehead atoms. The Morgan fingerprint density at radius 1 is 0.895 bits per heavy atom. The molecule has 192 valence electrons. The van der Waals surface area contributed by atoms with E-state index in [1.165, 1.54) is 23.4 Å². The topological polar surface area (TPSA) is 146 Å². The summed E-state index contributed by atoms with van der Waals surface area (Å²) in [4.78, 5) is 27.7. The average Bonchev–Trinajstić information content (AvgIpc) is 3.37. The van der Waals surface area contributed by atoms with Crippen LogP contribution in [-0.2, 0) is 10.0 Å². The Kier molecular flexibility index (Phi) is 5.76. The molecule has 0 radical (unpaired) electrons. The molecule has 38 heavy (non-hydrogen) atoms. The smallest absolute Gasteiger partial charge is 0.407 e. The number of piperazine rings is 1. The lowest BCUT2D eigenvalue weighted by Crippen LogP contribution is -2.48. The van der Waals surface area contributed by atoms with Crippen molar-refractivity contribution in [2.24, 2.45) is 0 Å². The number of benzene rings is 2. The standard InChI is InChI=1S/C25H22N8O4S/c34-25(35)32-13-11-31(12-14-32)20-8-6-19(7-9-20)29-24-27-15-18-16-28-33(23(18)30-24)38(36,37)21-5-1-3-17-4-2-10-26-22(17)21/h1-10,15-16H,11-14H2,(H,34,35)(H,27,29,30). The largest absolute Gasteiger partial charge is 0.465 e. The van der Waals surface area contributed by atoms with Gasteiger partial charge in [0.25, 0.3) is 10.0 Å². The van der Waals surface area contributed by atoms with Crippen LogP contribution >= 0.6 is 0 Å². The van der Waals surface area contributed by atoms with Gasteiger partial charge in [0.1, 0.15) is 4.90 Å². The fourth-order valence-electron chi connectivity index (χ4n) is 4.45. The maximum absolute atomic E-state index is 13.6. The monoisotopic (exact) mass is 530 g/mol. The molecule has 1 aliphatic heterocycles. The molecule has 13 heteroatoms. The SMILES string of the molecule is O=C(O)N1CCN(c2ccc(Nc3ncc4cnn(S(=O)(=O)c5cccc6cccnc56)c4n3)cc2)CC1. The highest BCUT2D eigenvalue weighted by atomic mass is 32.2. The van der Waals surface area contributed by atoms with E-state index >= 15 is 0 Å². The van der Waals surface area contributed by atoms with Gasteiger partial charge in [0, 0.05) is 55.3 Å². The van der Waals surface area contributed by atoms with Crippen LogP contribution in [0, 0.1) is 0 Å². The first-order chi connectivity index (χ1) is 18.4. The highest BCUT2D eigenvalue weighted by Crippen LogP contribution is 2.26. The second-order valence-corrected chi connectivity index (χ2v) is 10.5. The minimum Gasteiger partial charge on any atom is -0.465 e. The Balaban J connectivity index is 1.26. The molecule has 2 aromatic carbocycles. The number of carboxylic acid groups (broad SMARTS) is 1. The van der Waals surface area contributed by atoms with Crippen molar-refractivity contribution in [3.8, 4) is 0 Å². The highest BCUT2D eigenvalue weighted by Gasteiger charge is 2.25. The van der Waals surface area contributed by atoms with E-state index in [1.807, 2.05) is 24.3 Å². The molecule has 2 N–H and O–H groups in total. The van der Waals surface area contributed by atoms with Crippen molar-refractivity contribution in [3.63, 3.8) is 0 Å². The zero-order valence-corrected chi connectivity index (χ0v) is 20.8. The van der Waals surface area contributed by atoms with Crippen LogP contribution in [0.2, 0.25) is 0 Å². The van der Waals surface area contributed by atoms with Crippen molar-refractivity contribution in [1.29, 1.82) is 0 Å². The Morgan fingerprint density at radius 3 is 2.42 bits per heavy atom. The summed E-state index contributed by atoms with van der Waals surface area (Å²) in [6.07, 6.45) is 3.58. The maximum atomic E-state index is 13.6. The van der Waals surface area contributed by atoms with Gasteiger partial charge in [-0.05, 0) is 36.4 Å². The molecule has 5 aromatic rings. The van der Waals surface area contributed by atoms with Crippen molar-refractivity contribution in [1.82, 2.24) is 29.0 Å². The molecule has 0 saturated carbocycles. The van der Waals surface area contributed by atoms with E-state index in [-0.39, 0.29) is 16.5 Å². The van der Waals surface area contributed by atoms with Crippen LogP contribution in [0.25, 0.3) is 21.9 Å². The van der Waals surface area contributed by atoms with Gasteiger partial charge in [0.05, 0.1) is 17.1 Å². The number of pyridine rings is 1. The van der Waals surface area contributed by atoms with Crippen molar-refractivity contribution in [2.45, 2.75) is 4.90 Å². The summed E-state index contributed by atoms with van der Waals surface area (Å²) in [7, 11) is -4.09. The molecule has 12 nitrogen and oxygen atoms in total. The summed E-state index contributed by atoms with van der Waals surface area (Å²) in [5.41, 5.74) is 2.19. The van der Waals surface area contributed by atoms with E-state index in [4.69, 9.17) is 5.11 Å². The van der Waals surface area contributed by atoms with Crippen LogP contribution in [0.3, 0.4) is 0 Å². The van der Waals surface area contributed by atoms with E-state index in [0.29, 0.717) is 48.2 Å². The molecule has 1 amide bonds. The van der Waals surface area contributed by atoms with Gasteiger partial charge >= 0.3 is 6.09 Å². The van der Waals surface area contributed by atoms with Crippen LogP contribution < -0.4 is 10.2 Å². The van der Waals surface area contributed by atoms with E-state index in [2.05, 4.69) is 30.3 Å². The van der Waals surface area contributed by atoms with Gasteiger partial charge in [-0.1, -0.05) is 18.2 Å². The third-order valence-electron chi connectivity index (χ3n) is 6.42. The molecule has 6 rings (SSSR count). The third kappa shape index (κ3) is 4.22. The zero-order chi connectivity index (χ0) is 26.3. The molecule has 1 saturated heterocycles. The highest BCUT2D eigenvalue weighted by molar-refractivity contribution is 7.90. The van der Waals surface area contributed by atoms with Gasteiger partial charge in [0.2, 0.25) is 5.95 Å². The lowest BCUT2D eigenvalue weighted by atomic mass is 10.2. The first kappa shape index (κ1) is 23.6. The quantitative estimate of drug-likeness (QED) is 0.347. The second-order valence-electron chi connectivity index (χ2n) is 8.72. The van der Waals surface area contributed by atoms with Crippen molar-refractivity contribution in [2.75, 3.05) is 36.4 Å². The first-order valence-corrected chi connectivity index (χ1v) is 13.2. The molecule has 0 unspecified atom stereocenters. The number of hydrogen-bond donors (Lipinski definition) is 2. The van der Waals surface area contributed by atoms with Crippen LogP contribution in [0.5, 0.6) is 0 Å². The normalized spacial score (nSPS) is 14.2. The number of amides is 1. The van der Waals surface area contributed by atoms with Crippen molar-refractivity contribution >= 4 is 55.4 Å². The second kappa shape index (κ2) is 9.27. The van der Waals surface area contributed by atoms with Crippen molar-refractivity contribution < 1.29 is 18.3 Å². The summed E-state index contributed by atoms with van der Waals surface area (Å²) >= 11 is 0. The van der Waals surface area contributed by atoms with Crippen LogP contribution in [0.1, 0.15) is 0 Å². The number of carbonyl (C=O) groups is 1. The lowest BCUT2D eigenvalue weighted by Gasteiger charge is -2.34. The van der Waals surface area contributed by atoms with Gasteiger partial charge in [0.15, 0.2) is 5.65 Å². The minimum atomic E-state index is -4.09. The van der Waals surface area contributed by atoms with Gasteiger partial charge in [-0.3, -0.25) is 4.98 Å². The van der Waals surface area contributed by atoms with E-state index in [9.17, 15) is 13.2 Å². The summed E-state index contributed by atoms with van der Waals surface area (Å²) in [6, 6.07) is 16.1. The van der Waals surface area contributed by atoms with Crippen LogP contribution in [0.15, 0.2) is 78.1 Å². The molecule has 0 atom stereocenters. The van der Waals surface area contributed by atoms with Gasteiger partial charge in [-0.25, -0.2) is 9.78 Å². The first-order valence-electron chi connectivity index (χ1n) is 11.8. The minimum absolute atomic E-state index is 0.0356. The lowest BCUT2D eigenvalue weighted by molar-refractivity contribution is 0.142. The third-order valence-corrected chi connectivity index (χ3v) is 8.03. The number of aromatic nitrogens is 5. The number of nitrogens with one attached hydrogen (secondary N) is 1. The number of rotatable bonds is 5. The fourth-order valence-corrected chi connectivity index (χ4v) is 5.85. The fraction of sp³-hybridized carbons (Fsp3) is 0.160. The van der Waals surface area contributed by atoms with Crippen molar-refractivity contribution in [3.05, 3.63) is 73.2 Å². The Hall–Kier alpha value is -4.78. The molecule has 4 heterocycles. The van der Waals surface area contributed by atoms with E-state index < -0.39 is 16.1 Å². The molecule has 1 aliphatic rings. The summed E-state index contributed by atoms with van der Waals surface area (Å²) in [6.45, 7) is 2.14. The molecule has 3 aromatic heterocycles. The van der Waals surface area contributed by atoms with Gasteiger partial charge < -0.3 is 20.2 Å². The van der Waals surface area contributed by atoms with Crippen LogP contribution in [0.4, 0.5) is 22.1 Å². The Bertz CT molecular complexity index is 1760. The Labute approximate surface area is 217 Å². The predicted octanol–water partition coefficient (Wildman–Crippen LogP) is 3.16. The van der Waals surface area contributed by atoms with Gasteiger partial charge in [-0.15, -0.1) is 4.09 Å². The number of nitrogens with zero attached hydrogens (tertiary/aromatic N) is 7. The molecular formula is C25H22N8O4S. The summed E-state index contributed by atoms with van der Waals surface area (Å²) in [5, 5.41) is 17.5. The molecule has 0 aliphatic carbocycles. The number of fused-ring (bicyclic) bond motifs is 2. The number of hydrogen-bond acceptors (Lipinski definition) is 9. The predicted molar refractivity (Wildman–Crippen MR) is 141 cm³/mol. The summed E-state index contributed by atoms with van der Waals surface area (Å²) < 4.78 is 28.1.